The van der Waals surface area contributed by atoms with Crippen LogP contribution in [0.15, 0.2) is 0 Å². The second-order valence-corrected chi connectivity index (χ2v) is 1.94. The fourth-order valence-corrected chi connectivity index (χ4v) is 0.721. The molecule has 0 spiro atoms. The number of carbonyl (C=O) groups is 1. The molecule has 0 unspecified atom stereocenters. The summed E-state index contributed by atoms with van der Waals surface area (Å²) in [7, 11) is 0. The molecule has 0 rings (SSSR count). The van der Waals surface area contributed by atoms with Gasteiger partial charge in [-0.25, -0.2) is 0 Å². The lowest BCUT2D eigenvalue weighted by Crippen LogP contribution is -2.35. The Balaban J connectivity index is 3.88. The highest BCUT2D eigenvalue weighted by Crippen LogP contribution is 2.12. The molecule has 0 aliphatic heterocycles. The minimum Gasteiger partial charge on any atom is -0.410 e. The molecule has 0 aliphatic carbocycles. The quantitative estimate of drug-likeness (QED) is 0.430. The Morgan fingerprint density at radius 1 is 1.27 bits per heavy atom. The van der Waals surface area contributed by atoms with Crippen molar-refractivity contribution in [3.05, 3.63) is 0 Å². The van der Waals surface area contributed by atoms with Crippen LogP contribution in [0.2, 0.25) is 0 Å². The lowest BCUT2D eigenvalue weighted by molar-refractivity contribution is -0.344. The molecule has 4 heteroatoms. The van der Waals surface area contributed by atoms with E-state index < -0.39 is 5.97 Å². The smallest absolute Gasteiger partial charge is 0.326 e. The van der Waals surface area contributed by atoms with Crippen molar-refractivity contribution in [2.75, 3.05) is 13.2 Å². The maximum absolute atomic E-state index is 9.99. The van der Waals surface area contributed by atoms with Crippen LogP contribution in [-0.2, 0) is 19.0 Å². The number of carbonyl (C=O) groups excluding carboxylic acids is 1. The molecule has 66 valence electrons. The summed E-state index contributed by atoms with van der Waals surface area (Å²) in [5, 5.41) is 0. The summed E-state index contributed by atoms with van der Waals surface area (Å²) in [4.78, 5) is 9.99. The predicted molar refractivity (Wildman–Crippen MR) is 38.8 cm³/mol. The minimum atomic E-state index is -1.22. The second kappa shape index (κ2) is 5.09. The van der Waals surface area contributed by atoms with Crippen molar-refractivity contribution in [3.8, 4) is 0 Å². The molecule has 11 heavy (non-hydrogen) atoms. The average molecular weight is 162 g/mol. The summed E-state index contributed by atoms with van der Waals surface area (Å²) in [6, 6.07) is 0. The van der Waals surface area contributed by atoms with Gasteiger partial charge in [0.2, 0.25) is 0 Å². The number of hydrogen-bond donors (Lipinski definition) is 0. The molecule has 0 aromatic carbocycles. The van der Waals surface area contributed by atoms with Gasteiger partial charge in [0.25, 0.3) is 6.47 Å². The van der Waals surface area contributed by atoms with Gasteiger partial charge in [0.1, 0.15) is 0 Å². The normalized spacial score (nSPS) is 11.2. The van der Waals surface area contributed by atoms with E-state index >= 15 is 0 Å². The Bertz CT molecular complexity index is 107. The molecule has 0 radical (unpaired) electrons. The summed E-state index contributed by atoms with van der Waals surface area (Å²) in [5.41, 5.74) is 0. The van der Waals surface area contributed by atoms with Crippen LogP contribution in [0.25, 0.3) is 0 Å². The third-order valence-corrected chi connectivity index (χ3v) is 1.08. The highest BCUT2D eigenvalue weighted by atomic mass is 16.9. The lowest BCUT2D eigenvalue weighted by atomic mass is 10.6. The summed E-state index contributed by atoms with van der Waals surface area (Å²) < 4.78 is 14.7. The molecule has 0 saturated carbocycles. The maximum atomic E-state index is 9.99. The van der Waals surface area contributed by atoms with Crippen molar-refractivity contribution in [2.45, 2.75) is 26.7 Å². The van der Waals surface area contributed by atoms with Crippen LogP contribution in [0.5, 0.6) is 0 Å². The highest BCUT2D eigenvalue weighted by Gasteiger charge is 2.26. The van der Waals surface area contributed by atoms with E-state index in [0.29, 0.717) is 19.7 Å². The molecule has 0 bridgehead atoms. The number of hydrogen-bond acceptors (Lipinski definition) is 4. The van der Waals surface area contributed by atoms with Crippen LogP contribution < -0.4 is 0 Å². The van der Waals surface area contributed by atoms with Gasteiger partial charge in [-0.05, 0) is 13.8 Å². The minimum absolute atomic E-state index is 0.311. The van der Waals surface area contributed by atoms with Crippen LogP contribution in [0.3, 0.4) is 0 Å². The molecule has 0 fully saturated rings. The fraction of sp³-hybridized carbons (Fsp3) is 0.857. The van der Waals surface area contributed by atoms with Crippen LogP contribution in [0, 0.1) is 0 Å². The van der Waals surface area contributed by atoms with Gasteiger partial charge in [0.05, 0.1) is 13.2 Å². The first kappa shape index (κ1) is 10.4. The predicted octanol–water partition coefficient (Wildman–Crippen LogP) is 0.906. The van der Waals surface area contributed by atoms with Gasteiger partial charge < -0.3 is 14.2 Å². The molecular formula is C7H14O4. The summed E-state index contributed by atoms with van der Waals surface area (Å²) in [6.07, 6.45) is 0. The summed E-state index contributed by atoms with van der Waals surface area (Å²) >= 11 is 0. The monoisotopic (exact) mass is 162 g/mol. The van der Waals surface area contributed by atoms with E-state index in [1.165, 1.54) is 0 Å². The van der Waals surface area contributed by atoms with Crippen LogP contribution >= 0.6 is 0 Å². The molecule has 0 aromatic heterocycles. The molecule has 0 N–H and O–H groups in total. The van der Waals surface area contributed by atoms with Gasteiger partial charge in [-0.3, -0.25) is 4.79 Å². The van der Waals surface area contributed by atoms with Gasteiger partial charge in [-0.1, -0.05) is 0 Å². The van der Waals surface area contributed by atoms with Gasteiger partial charge in [0, 0.05) is 6.92 Å². The molecule has 0 heterocycles. The first-order valence-corrected chi connectivity index (χ1v) is 3.58. The molecule has 4 nitrogen and oxygen atoms in total. The van der Waals surface area contributed by atoms with E-state index in [4.69, 9.17) is 9.47 Å². The average Bonchev–Trinajstić information content (AvgIpc) is 1.88. The topological polar surface area (TPSA) is 44.8 Å². The van der Waals surface area contributed by atoms with Crippen LogP contribution in [-0.4, -0.2) is 25.7 Å². The number of rotatable bonds is 6. The van der Waals surface area contributed by atoms with E-state index in [9.17, 15) is 4.79 Å². The van der Waals surface area contributed by atoms with Crippen molar-refractivity contribution in [2.24, 2.45) is 0 Å². The first-order chi connectivity index (χ1) is 5.18. The Morgan fingerprint density at radius 2 is 1.73 bits per heavy atom. The zero-order chi connectivity index (χ0) is 8.74. The van der Waals surface area contributed by atoms with E-state index in [0.717, 1.165) is 0 Å². The van der Waals surface area contributed by atoms with Crippen LogP contribution in [0.1, 0.15) is 20.8 Å². The highest BCUT2D eigenvalue weighted by molar-refractivity contribution is 5.37. The SMILES string of the molecule is CCOC(C)(OC=O)OCC. The standard InChI is InChI=1S/C7H14O4/c1-4-9-7(3,10-5-2)11-6-8/h6H,4-5H2,1-3H3. The van der Waals surface area contributed by atoms with Crippen molar-refractivity contribution in [1.82, 2.24) is 0 Å². The van der Waals surface area contributed by atoms with Crippen molar-refractivity contribution in [1.29, 1.82) is 0 Å². The second-order valence-electron chi connectivity index (χ2n) is 1.94. The third-order valence-electron chi connectivity index (χ3n) is 1.08. The molecular weight excluding hydrogens is 148 g/mol. The molecule has 0 aliphatic rings. The van der Waals surface area contributed by atoms with E-state index in [1.807, 2.05) is 0 Å². The Labute approximate surface area is 66.4 Å². The van der Waals surface area contributed by atoms with Crippen molar-refractivity contribution in [3.63, 3.8) is 0 Å². The van der Waals surface area contributed by atoms with Gasteiger partial charge in [-0.15, -0.1) is 0 Å². The summed E-state index contributed by atoms with van der Waals surface area (Å²) in [6.45, 7) is 6.32. The summed E-state index contributed by atoms with van der Waals surface area (Å²) in [5.74, 6) is -1.22. The van der Waals surface area contributed by atoms with Gasteiger partial charge >= 0.3 is 5.97 Å². The van der Waals surface area contributed by atoms with Crippen LogP contribution in [0.4, 0.5) is 0 Å². The lowest BCUT2D eigenvalue weighted by Gasteiger charge is -2.25. The van der Waals surface area contributed by atoms with E-state index in [2.05, 4.69) is 4.74 Å². The molecule has 0 amide bonds. The molecule has 0 atom stereocenters. The molecule has 0 saturated heterocycles. The van der Waals surface area contributed by atoms with Crippen molar-refractivity contribution >= 4 is 6.47 Å². The van der Waals surface area contributed by atoms with Gasteiger partial charge in [-0.2, -0.15) is 0 Å². The van der Waals surface area contributed by atoms with Crippen molar-refractivity contribution < 1.29 is 19.0 Å². The zero-order valence-electron chi connectivity index (χ0n) is 7.12. The number of ether oxygens (including phenoxy) is 3. The van der Waals surface area contributed by atoms with E-state index in [-0.39, 0.29) is 0 Å². The Kier molecular flexibility index (Phi) is 4.81. The first-order valence-electron chi connectivity index (χ1n) is 3.58. The third kappa shape index (κ3) is 3.95. The maximum Gasteiger partial charge on any atom is 0.326 e. The zero-order valence-corrected chi connectivity index (χ0v) is 7.12. The fourth-order valence-electron chi connectivity index (χ4n) is 0.721. The molecule has 0 aromatic rings. The largest absolute Gasteiger partial charge is 0.410 e. The Hall–Kier alpha value is -0.610. The Morgan fingerprint density at radius 3 is 2.00 bits per heavy atom. The van der Waals surface area contributed by atoms with E-state index in [1.54, 1.807) is 20.8 Å². The van der Waals surface area contributed by atoms with Gasteiger partial charge in [0.15, 0.2) is 0 Å².